The van der Waals surface area contributed by atoms with Crippen molar-refractivity contribution < 1.29 is 19.5 Å². The molecule has 2 aliphatic carbocycles. The molecule has 0 heterocycles. The van der Waals surface area contributed by atoms with Crippen LogP contribution in [0.2, 0.25) is 0 Å². The minimum absolute atomic E-state index is 0.103. The molecule has 2 fully saturated rings. The lowest BCUT2D eigenvalue weighted by Gasteiger charge is -2.32. The maximum atomic E-state index is 12.2. The van der Waals surface area contributed by atoms with E-state index in [4.69, 9.17) is 5.11 Å². The first-order valence-electron chi connectivity index (χ1n) is 5.55. The Morgan fingerprint density at radius 2 is 1.88 bits per heavy atom. The Labute approximate surface area is 94.0 Å². The zero-order valence-corrected chi connectivity index (χ0v) is 9.74. The van der Waals surface area contributed by atoms with E-state index in [-0.39, 0.29) is 17.1 Å². The van der Waals surface area contributed by atoms with Gasteiger partial charge in [0.2, 0.25) is 0 Å². The standard InChI is InChI=1S/C12H16O4/c1-11(2)6-4-5-12(11,3)9(14)7(6)8(13)10(15)16/h6-7H,4-5H2,1-3H3,(H,15,16)/t6-,7-,12+/m0/s1. The molecule has 0 aromatic heterocycles. The molecule has 16 heavy (non-hydrogen) atoms. The summed E-state index contributed by atoms with van der Waals surface area (Å²) in [7, 11) is 0. The van der Waals surface area contributed by atoms with Crippen LogP contribution in [-0.4, -0.2) is 22.6 Å². The number of carboxylic acid groups (broad SMARTS) is 1. The van der Waals surface area contributed by atoms with Crippen LogP contribution in [0.5, 0.6) is 0 Å². The summed E-state index contributed by atoms with van der Waals surface area (Å²) in [6, 6.07) is 0. The van der Waals surface area contributed by atoms with Crippen molar-refractivity contribution in [1.29, 1.82) is 0 Å². The molecular weight excluding hydrogens is 208 g/mol. The number of Topliss-reactive ketones (excluding diaryl/α,β-unsaturated/α-hetero) is 2. The first kappa shape index (κ1) is 11.3. The second kappa shape index (κ2) is 2.93. The van der Waals surface area contributed by atoms with Crippen LogP contribution in [0.4, 0.5) is 0 Å². The van der Waals surface area contributed by atoms with Crippen molar-refractivity contribution in [3.8, 4) is 0 Å². The molecule has 0 unspecified atom stereocenters. The van der Waals surface area contributed by atoms with Gasteiger partial charge >= 0.3 is 5.97 Å². The highest BCUT2D eigenvalue weighted by molar-refractivity contribution is 6.38. The largest absolute Gasteiger partial charge is 0.475 e. The molecule has 0 spiro atoms. The van der Waals surface area contributed by atoms with Gasteiger partial charge in [-0.15, -0.1) is 0 Å². The quantitative estimate of drug-likeness (QED) is 0.566. The number of hydrogen-bond acceptors (Lipinski definition) is 3. The van der Waals surface area contributed by atoms with Gasteiger partial charge in [-0.2, -0.15) is 0 Å². The molecule has 0 amide bonds. The first-order valence-corrected chi connectivity index (χ1v) is 5.55. The van der Waals surface area contributed by atoms with Gasteiger partial charge in [-0.3, -0.25) is 9.59 Å². The number of ketones is 2. The van der Waals surface area contributed by atoms with Gasteiger partial charge in [-0.25, -0.2) is 4.79 Å². The van der Waals surface area contributed by atoms with E-state index in [1.807, 2.05) is 20.8 Å². The minimum Gasteiger partial charge on any atom is -0.475 e. The fraction of sp³-hybridized carbons (Fsp3) is 0.750. The van der Waals surface area contributed by atoms with Crippen molar-refractivity contribution in [3.63, 3.8) is 0 Å². The normalized spacial score (nSPS) is 40.1. The average molecular weight is 224 g/mol. The molecule has 4 heteroatoms. The number of rotatable bonds is 2. The highest BCUT2D eigenvalue weighted by atomic mass is 16.4. The van der Waals surface area contributed by atoms with Gasteiger partial charge in [-0.05, 0) is 24.2 Å². The van der Waals surface area contributed by atoms with E-state index < -0.39 is 23.1 Å². The predicted molar refractivity (Wildman–Crippen MR) is 55.8 cm³/mol. The molecule has 2 aliphatic rings. The van der Waals surface area contributed by atoms with E-state index in [2.05, 4.69) is 0 Å². The lowest BCUT2D eigenvalue weighted by molar-refractivity contribution is -0.154. The van der Waals surface area contributed by atoms with Gasteiger partial charge in [0.15, 0.2) is 5.78 Å². The SMILES string of the molecule is CC1(C)[C@H]2CC[C@]1(C)C(=O)[C@@H]2C(=O)C(=O)O. The first-order chi connectivity index (χ1) is 7.23. The summed E-state index contributed by atoms with van der Waals surface area (Å²) in [4.78, 5) is 34.4. The van der Waals surface area contributed by atoms with Gasteiger partial charge in [0, 0.05) is 5.41 Å². The van der Waals surface area contributed by atoms with Gasteiger partial charge in [0.25, 0.3) is 5.78 Å². The van der Waals surface area contributed by atoms with Crippen LogP contribution in [0, 0.1) is 22.7 Å². The van der Waals surface area contributed by atoms with E-state index in [1.54, 1.807) is 0 Å². The van der Waals surface area contributed by atoms with Crippen molar-refractivity contribution in [2.24, 2.45) is 22.7 Å². The van der Waals surface area contributed by atoms with Crippen LogP contribution in [0.1, 0.15) is 33.6 Å². The van der Waals surface area contributed by atoms with Crippen LogP contribution < -0.4 is 0 Å². The third kappa shape index (κ3) is 1.02. The third-order valence-corrected chi connectivity index (χ3v) is 5.03. The van der Waals surface area contributed by atoms with E-state index in [9.17, 15) is 14.4 Å². The minimum atomic E-state index is -1.48. The summed E-state index contributed by atoms with van der Waals surface area (Å²) in [6.07, 6.45) is 1.55. The topological polar surface area (TPSA) is 71.4 Å². The van der Waals surface area contributed by atoms with Crippen LogP contribution >= 0.6 is 0 Å². The van der Waals surface area contributed by atoms with Crippen molar-refractivity contribution in [2.45, 2.75) is 33.6 Å². The molecule has 0 aliphatic heterocycles. The van der Waals surface area contributed by atoms with Gasteiger partial charge in [0.05, 0.1) is 5.92 Å². The van der Waals surface area contributed by atoms with Crippen molar-refractivity contribution in [1.82, 2.24) is 0 Å². The second-order valence-electron chi connectivity index (χ2n) is 5.71. The lowest BCUT2D eigenvalue weighted by atomic mass is 9.70. The number of carbonyl (C=O) groups excluding carboxylic acids is 2. The molecule has 0 saturated heterocycles. The molecule has 1 N–H and O–H groups in total. The summed E-state index contributed by atoms with van der Waals surface area (Å²) < 4.78 is 0. The van der Waals surface area contributed by atoms with Crippen molar-refractivity contribution >= 4 is 17.5 Å². The third-order valence-electron chi connectivity index (χ3n) is 5.03. The summed E-state index contributed by atoms with van der Waals surface area (Å²) >= 11 is 0. The number of fused-ring (bicyclic) bond motifs is 2. The Bertz CT molecular complexity index is 396. The number of carbonyl (C=O) groups is 3. The molecule has 0 aromatic rings. The zero-order valence-electron chi connectivity index (χ0n) is 9.74. The zero-order chi connectivity index (χ0) is 12.3. The second-order valence-corrected chi connectivity index (χ2v) is 5.71. The van der Waals surface area contributed by atoms with E-state index in [0.717, 1.165) is 12.8 Å². The van der Waals surface area contributed by atoms with Gasteiger partial charge in [-0.1, -0.05) is 20.8 Å². The molecule has 2 saturated carbocycles. The van der Waals surface area contributed by atoms with Crippen LogP contribution in [0.15, 0.2) is 0 Å². The Hall–Kier alpha value is -1.19. The number of hydrogen-bond donors (Lipinski definition) is 1. The summed E-state index contributed by atoms with van der Waals surface area (Å²) in [6.45, 7) is 5.81. The van der Waals surface area contributed by atoms with Gasteiger partial charge < -0.3 is 5.11 Å². The summed E-state index contributed by atoms with van der Waals surface area (Å²) in [5.74, 6) is -3.59. The molecule has 4 nitrogen and oxygen atoms in total. The Morgan fingerprint density at radius 1 is 1.31 bits per heavy atom. The predicted octanol–water partition coefficient (Wildman–Crippen LogP) is 1.28. The van der Waals surface area contributed by atoms with E-state index >= 15 is 0 Å². The molecule has 0 aromatic carbocycles. The molecule has 0 radical (unpaired) electrons. The molecule has 3 atom stereocenters. The average Bonchev–Trinajstić information content (AvgIpc) is 2.48. The maximum Gasteiger partial charge on any atom is 0.372 e. The highest BCUT2D eigenvalue weighted by Gasteiger charge is 2.68. The van der Waals surface area contributed by atoms with Gasteiger partial charge in [0.1, 0.15) is 0 Å². The molecule has 88 valence electrons. The molecule has 2 rings (SSSR count). The highest BCUT2D eigenvalue weighted by Crippen LogP contribution is 2.65. The van der Waals surface area contributed by atoms with Crippen LogP contribution in [0.25, 0.3) is 0 Å². The molecular formula is C12H16O4. The summed E-state index contributed by atoms with van der Waals surface area (Å²) in [5, 5.41) is 8.74. The molecule has 2 bridgehead atoms. The fourth-order valence-corrected chi connectivity index (χ4v) is 3.52. The Kier molecular flexibility index (Phi) is 2.07. The number of aliphatic carboxylic acids is 1. The Morgan fingerprint density at radius 3 is 2.25 bits per heavy atom. The van der Waals surface area contributed by atoms with E-state index in [1.165, 1.54) is 0 Å². The maximum absolute atomic E-state index is 12.2. The number of carboxylic acids is 1. The fourth-order valence-electron chi connectivity index (χ4n) is 3.52. The monoisotopic (exact) mass is 224 g/mol. The summed E-state index contributed by atoms with van der Waals surface area (Å²) in [5.41, 5.74) is -0.784. The van der Waals surface area contributed by atoms with E-state index in [0.29, 0.717) is 0 Å². The Balaban J connectivity index is 2.44. The van der Waals surface area contributed by atoms with Crippen LogP contribution in [0.3, 0.4) is 0 Å². The smallest absolute Gasteiger partial charge is 0.372 e. The van der Waals surface area contributed by atoms with Crippen molar-refractivity contribution in [3.05, 3.63) is 0 Å². The van der Waals surface area contributed by atoms with Crippen LogP contribution in [-0.2, 0) is 14.4 Å². The van der Waals surface area contributed by atoms with Crippen molar-refractivity contribution in [2.75, 3.05) is 0 Å². The lowest BCUT2D eigenvalue weighted by Crippen LogP contribution is -2.37.